The van der Waals surface area contributed by atoms with Gasteiger partial charge in [-0.1, -0.05) is 13.8 Å². The average Bonchev–Trinajstić information content (AvgIpc) is 2.28. The number of aliphatic imine (C=N–C) groups is 3. The van der Waals surface area contributed by atoms with Crippen LogP contribution in [0, 0.1) is 11.3 Å². The Bertz CT molecular complexity index is 442. The molecule has 1 aliphatic rings. The highest BCUT2D eigenvalue weighted by atomic mass is 16.1. The van der Waals surface area contributed by atoms with E-state index in [2.05, 4.69) is 21.9 Å². The van der Waals surface area contributed by atoms with Gasteiger partial charge < -0.3 is 0 Å². The second-order valence-electron chi connectivity index (χ2n) is 5.56. The average molecular weight is 263 g/mol. The van der Waals surface area contributed by atoms with Crippen molar-refractivity contribution in [3.8, 4) is 0 Å². The van der Waals surface area contributed by atoms with E-state index in [0.29, 0.717) is 18.8 Å². The van der Waals surface area contributed by atoms with E-state index in [1.165, 1.54) is 12.2 Å². The summed E-state index contributed by atoms with van der Waals surface area (Å²) in [6.07, 6.45) is 6.62. The van der Waals surface area contributed by atoms with Crippen LogP contribution in [0.4, 0.5) is 0 Å². The zero-order valence-electron chi connectivity index (χ0n) is 11.1. The van der Waals surface area contributed by atoms with E-state index in [9.17, 15) is 14.4 Å². The van der Waals surface area contributed by atoms with E-state index in [-0.39, 0.29) is 11.5 Å². The van der Waals surface area contributed by atoms with Crippen LogP contribution < -0.4 is 0 Å². The first-order chi connectivity index (χ1) is 9.03. The molecular formula is C13H17N3O3. The summed E-state index contributed by atoms with van der Waals surface area (Å²) in [5.74, 6) is 0.405. The van der Waals surface area contributed by atoms with Crippen LogP contribution in [0.1, 0.15) is 39.5 Å². The molecule has 0 aromatic heterocycles. The van der Waals surface area contributed by atoms with Gasteiger partial charge in [0.1, 0.15) is 0 Å². The molecule has 102 valence electrons. The molecule has 0 N–H and O–H groups in total. The molecule has 6 heteroatoms. The van der Waals surface area contributed by atoms with Crippen LogP contribution in [-0.2, 0) is 14.4 Å². The van der Waals surface area contributed by atoms with E-state index < -0.39 is 6.17 Å². The lowest BCUT2D eigenvalue weighted by molar-refractivity contribution is 0.130. The molecule has 0 radical (unpaired) electrons. The molecule has 0 bridgehead atoms. The predicted molar refractivity (Wildman–Crippen MR) is 67.7 cm³/mol. The number of hydrogen-bond acceptors (Lipinski definition) is 6. The van der Waals surface area contributed by atoms with Crippen molar-refractivity contribution in [2.75, 3.05) is 0 Å². The highest BCUT2D eigenvalue weighted by molar-refractivity contribution is 5.37. The number of carbonyl (C=O) groups excluding carboxylic acids is 3. The van der Waals surface area contributed by atoms with Crippen molar-refractivity contribution in [2.45, 2.75) is 51.7 Å². The molecule has 3 unspecified atom stereocenters. The zero-order valence-corrected chi connectivity index (χ0v) is 11.1. The van der Waals surface area contributed by atoms with Crippen LogP contribution in [0.5, 0.6) is 0 Å². The van der Waals surface area contributed by atoms with Gasteiger partial charge in [-0.25, -0.2) is 19.4 Å². The van der Waals surface area contributed by atoms with Gasteiger partial charge in [-0.2, -0.15) is 9.98 Å². The van der Waals surface area contributed by atoms with Crippen LogP contribution in [0.3, 0.4) is 0 Å². The summed E-state index contributed by atoms with van der Waals surface area (Å²) in [4.78, 5) is 41.8. The standard InChI is InChI=1S/C13H17N3O3/c1-10-3-11(14-7-17)5-13(2,4-10)6-12(15-8-18)16-9-19/h10-12H,3-6H2,1-2H3. The molecule has 1 fully saturated rings. The van der Waals surface area contributed by atoms with Crippen molar-refractivity contribution < 1.29 is 14.4 Å². The monoisotopic (exact) mass is 263 g/mol. The summed E-state index contributed by atoms with van der Waals surface area (Å²) in [5.41, 5.74) is -0.173. The van der Waals surface area contributed by atoms with Crippen molar-refractivity contribution in [2.24, 2.45) is 26.3 Å². The van der Waals surface area contributed by atoms with Crippen molar-refractivity contribution in [1.82, 2.24) is 0 Å². The molecule has 1 aliphatic carbocycles. The van der Waals surface area contributed by atoms with Gasteiger partial charge in [0.25, 0.3) is 0 Å². The van der Waals surface area contributed by atoms with E-state index in [4.69, 9.17) is 0 Å². The molecule has 0 spiro atoms. The second kappa shape index (κ2) is 6.91. The molecule has 0 aromatic carbocycles. The number of nitrogens with zero attached hydrogens (tertiary/aromatic N) is 3. The summed E-state index contributed by atoms with van der Waals surface area (Å²) >= 11 is 0. The van der Waals surface area contributed by atoms with Crippen LogP contribution in [0.25, 0.3) is 0 Å². The Morgan fingerprint density at radius 1 is 1.16 bits per heavy atom. The first-order valence-corrected chi connectivity index (χ1v) is 6.24. The molecule has 0 amide bonds. The quantitative estimate of drug-likeness (QED) is 0.560. The summed E-state index contributed by atoms with van der Waals surface area (Å²) < 4.78 is 0. The Hall–Kier alpha value is -1.86. The maximum Gasteiger partial charge on any atom is 0.237 e. The van der Waals surface area contributed by atoms with Gasteiger partial charge in [-0.05, 0) is 37.0 Å². The van der Waals surface area contributed by atoms with Crippen LogP contribution in [-0.4, -0.2) is 30.4 Å². The maximum absolute atomic E-state index is 10.4. The van der Waals surface area contributed by atoms with Crippen LogP contribution in [0.15, 0.2) is 15.0 Å². The van der Waals surface area contributed by atoms with E-state index in [1.54, 1.807) is 6.08 Å². The normalized spacial score (nSPS) is 31.3. The molecule has 3 atom stereocenters. The SMILES string of the molecule is CC1CC(N=C=O)CC(C)(CC(N=C=O)N=C=O)C1. The van der Waals surface area contributed by atoms with Gasteiger partial charge in [0, 0.05) is 0 Å². The molecule has 0 heterocycles. The van der Waals surface area contributed by atoms with E-state index in [1.807, 2.05) is 6.92 Å². The molecule has 0 aliphatic heterocycles. The highest BCUT2D eigenvalue weighted by Gasteiger charge is 2.37. The summed E-state index contributed by atoms with van der Waals surface area (Å²) in [6.45, 7) is 4.12. The fourth-order valence-electron chi connectivity index (χ4n) is 3.15. The number of rotatable bonds is 5. The van der Waals surface area contributed by atoms with Crippen molar-refractivity contribution in [1.29, 1.82) is 0 Å². The van der Waals surface area contributed by atoms with Crippen LogP contribution >= 0.6 is 0 Å². The number of isocyanates is 3. The Balaban J connectivity index is 2.85. The Morgan fingerprint density at radius 2 is 1.79 bits per heavy atom. The fraction of sp³-hybridized carbons (Fsp3) is 0.769. The smallest absolute Gasteiger partial charge is 0.211 e. The Labute approximate surface area is 111 Å². The van der Waals surface area contributed by atoms with Gasteiger partial charge >= 0.3 is 0 Å². The summed E-state index contributed by atoms with van der Waals surface area (Å²) in [6, 6.07) is -0.0627. The van der Waals surface area contributed by atoms with Gasteiger partial charge in [-0.15, -0.1) is 0 Å². The Kier molecular flexibility index (Phi) is 5.53. The minimum Gasteiger partial charge on any atom is -0.211 e. The van der Waals surface area contributed by atoms with Crippen molar-refractivity contribution in [3.63, 3.8) is 0 Å². The molecular weight excluding hydrogens is 246 g/mol. The summed E-state index contributed by atoms with van der Waals surface area (Å²) in [7, 11) is 0. The third-order valence-electron chi connectivity index (χ3n) is 3.56. The molecule has 19 heavy (non-hydrogen) atoms. The molecule has 0 saturated heterocycles. The highest BCUT2D eigenvalue weighted by Crippen LogP contribution is 2.43. The summed E-state index contributed by atoms with van der Waals surface area (Å²) in [5, 5.41) is 0. The molecule has 0 aromatic rings. The minimum atomic E-state index is -0.744. The third kappa shape index (κ3) is 4.72. The van der Waals surface area contributed by atoms with Crippen molar-refractivity contribution >= 4 is 18.2 Å². The first-order valence-electron chi connectivity index (χ1n) is 6.24. The number of hydrogen-bond donors (Lipinski definition) is 0. The van der Waals surface area contributed by atoms with E-state index >= 15 is 0 Å². The minimum absolute atomic E-state index is 0.0627. The van der Waals surface area contributed by atoms with Gasteiger partial charge in [0.2, 0.25) is 18.2 Å². The van der Waals surface area contributed by atoms with Gasteiger partial charge in [-0.3, -0.25) is 0 Å². The van der Waals surface area contributed by atoms with Gasteiger partial charge in [0.05, 0.1) is 6.04 Å². The largest absolute Gasteiger partial charge is 0.237 e. The maximum atomic E-state index is 10.4. The lowest BCUT2D eigenvalue weighted by Crippen LogP contribution is -2.34. The Morgan fingerprint density at radius 3 is 2.32 bits per heavy atom. The zero-order chi connectivity index (χ0) is 14.3. The van der Waals surface area contributed by atoms with Gasteiger partial charge in [0.15, 0.2) is 6.17 Å². The molecule has 1 saturated carbocycles. The van der Waals surface area contributed by atoms with Crippen LogP contribution in [0.2, 0.25) is 0 Å². The van der Waals surface area contributed by atoms with Crippen molar-refractivity contribution in [3.05, 3.63) is 0 Å². The molecule has 1 rings (SSSR count). The lowest BCUT2D eigenvalue weighted by Gasteiger charge is -2.40. The second-order valence-corrected chi connectivity index (χ2v) is 5.56. The fourth-order valence-corrected chi connectivity index (χ4v) is 3.15. The predicted octanol–water partition coefficient (Wildman–Crippen LogP) is 1.90. The van der Waals surface area contributed by atoms with E-state index in [0.717, 1.165) is 12.8 Å². The molecule has 6 nitrogen and oxygen atoms in total. The first kappa shape index (κ1) is 15.2. The third-order valence-corrected chi connectivity index (χ3v) is 3.56. The lowest BCUT2D eigenvalue weighted by atomic mass is 9.67. The topological polar surface area (TPSA) is 88.3 Å².